The highest BCUT2D eigenvalue weighted by Crippen LogP contribution is 2.45. The van der Waals surface area contributed by atoms with E-state index in [-0.39, 0.29) is 29.7 Å². The van der Waals surface area contributed by atoms with E-state index in [0.717, 1.165) is 0 Å². The van der Waals surface area contributed by atoms with E-state index in [1.165, 1.54) is 27.9 Å². The lowest BCUT2D eigenvalue weighted by molar-refractivity contribution is -0.145. The number of ether oxygens (including phenoxy) is 2. The van der Waals surface area contributed by atoms with E-state index in [0.29, 0.717) is 12.1 Å². The minimum absolute atomic E-state index is 0.0151. The fourth-order valence-electron chi connectivity index (χ4n) is 3.43. The molecule has 11 heteroatoms. The highest BCUT2D eigenvalue weighted by Gasteiger charge is 2.48. The normalized spacial score (nSPS) is 19.6. The number of benzene rings is 1. The molecule has 0 aromatic heterocycles. The average Bonchev–Trinajstić information content (AvgIpc) is 2.65. The Kier molecular flexibility index (Phi) is 7.40. The predicted molar refractivity (Wildman–Crippen MR) is 103 cm³/mol. The first-order valence-electron chi connectivity index (χ1n) is 9.35. The average molecular weight is 462 g/mol. The largest absolute Gasteiger partial charge is 0.460 e. The summed E-state index contributed by atoms with van der Waals surface area (Å²) in [5.74, 6) is -2.57. The van der Waals surface area contributed by atoms with Crippen molar-refractivity contribution >= 4 is 11.7 Å². The van der Waals surface area contributed by atoms with Gasteiger partial charge in [-0.15, -0.1) is 0 Å². The van der Waals surface area contributed by atoms with Crippen molar-refractivity contribution in [1.82, 2.24) is 0 Å². The third-order valence-corrected chi connectivity index (χ3v) is 4.68. The summed E-state index contributed by atoms with van der Waals surface area (Å²) >= 11 is 0. The second-order valence-corrected chi connectivity index (χ2v) is 7.35. The summed E-state index contributed by atoms with van der Waals surface area (Å²) in [6.07, 6.45) is -10.8. The molecule has 1 aromatic carbocycles. The van der Waals surface area contributed by atoms with E-state index in [4.69, 9.17) is 16.0 Å². The molecule has 1 aliphatic heterocycles. The lowest BCUT2D eigenvalue weighted by Gasteiger charge is -2.29. The number of halogens is 6. The first-order chi connectivity index (χ1) is 14.7. The van der Waals surface area contributed by atoms with Gasteiger partial charge in [0.1, 0.15) is 0 Å². The van der Waals surface area contributed by atoms with Crippen LogP contribution in [0.3, 0.4) is 0 Å². The zero-order valence-electron chi connectivity index (χ0n) is 17.6. The SMILES string of the molecule is [C-]#[N+]C1C(C)=NC(COC)=C(C(=O)OC(C)C)C1c1ccc(C(F)(F)F)cc1C(F)(F)F. The Labute approximate surface area is 180 Å². The molecule has 2 atom stereocenters. The van der Waals surface area contributed by atoms with Crippen LogP contribution >= 0.6 is 0 Å². The van der Waals surface area contributed by atoms with Crippen molar-refractivity contribution in [3.63, 3.8) is 0 Å². The molecule has 0 saturated heterocycles. The van der Waals surface area contributed by atoms with Crippen molar-refractivity contribution in [3.05, 3.63) is 57.6 Å². The number of nitrogens with zero attached hydrogens (tertiary/aromatic N) is 2. The first-order valence-corrected chi connectivity index (χ1v) is 9.35. The second-order valence-electron chi connectivity index (χ2n) is 7.35. The fourth-order valence-corrected chi connectivity index (χ4v) is 3.43. The highest BCUT2D eigenvalue weighted by atomic mass is 19.4. The van der Waals surface area contributed by atoms with Crippen molar-refractivity contribution in [1.29, 1.82) is 0 Å². The standard InChI is InChI=1S/C21H20F6N2O3/c1-10(2)32-19(30)17-15(9-31-5)29-11(3)18(28-4)16(17)13-7-6-12(20(22,23)24)8-14(13)21(25,26)27/h6-8,10,16,18H,9H2,1-3,5H3. The molecule has 0 amide bonds. The summed E-state index contributed by atoms with van der Waals surface area (Å²) in [6, 6.07) is -0.226. The van der Waals surface area contributed by atoms with Crippen LogP contribution in [0.4, 0.5) is 26.3 Å². The molecule has 32 heavy (non-hydrogen) atoms. The monoisotopic (exact) mass is 462 g/mol. The van der Waals surface area contributed by atoms with Crippen molar-refractivity contribution in [2.75, 3.05) is 13.7 Å². The Hall–Kier alpha value is -2.87. The summed E-state index contributed by atoms with van der Waals surface area (Å²) in [7, 11) is 1.28. The van der Waals surface area contributed by atoms with Crippen molar-refractivity contribution < 1.29 is 40.6 Å². The molecular weight excluding hydrogens is 442 g/mol. The maximum atomic E-state index is 13.9. The lowest BCUT2D eigenvalue weighted by Crippen LogP contribution is -2.35. The van der Waals surface area contributed by atoms with Gasteiger partial charge in [0, 0.05) is 7.11 Å². The molecule has 0 radical (unpaired) electrons. The maximum Gasteiger partial charge on any atom is 0.416 e. The van der Waals surface area contributed by atoms with Gasteiger partial charge < -0.3 is 14.3 Å². The van der Waals surface area contributed by atoms with Crippen molar-refractivity contribution in [2.45, 2.75) is 51.2 Å². The molecule has 2 rings (SSSR count). The Bertz CT molecular complexity index is 987. The zero-order valence-corrected chi connectivity index (χ0v) is 17.6. The fraction of sp³-hybridized carbons (Fsp3) is 0.476. The van der Waals surface area contributed by atoms with Gasteiger partial charge in [0.25, 0.3) is 6.04 Å². The molecule has 1 heterocycles. The molecule has 0 saturated carbocycles. The van der Waals surface area contributed by atoms with Crippen molar-refractivity contribution in [3.8, 4) is 0 Å². The van der Waals surface area contributed by atoms with Crippen LogP contribution in [0.5, 0.6) is 0 Å². The summed E-state index contributed by atoms with van der Waals surface area (Å²) in [5.41, 5.74) is -4.03. The minimum atomic E-state index is -5.18. The summed E-state index contributed by atoms with van der Waals surface area (Å²) in [6.45, 7) is 11.7. The Morgan fingerprint density at radius 2 is 1.81 bits per heavy atom. The van der Waals surface area contributed by atoms with Crippen LogP contribution in [0.1, 0.15) is 43.4 Å². The van der Waals surface area contributed by atoms with E-state index in [1.54, 1.807) is 0 Å². The van der Waals surface area contributed by atoms with Gasteiger partial charge >= 0.3 is 18.3 Å². The van der Waals surface area contributed by atoms with Gasteiger partial charge in [-0.05, 0) is 38.5 Å². The summed E-state index contributed by atoms with van der Waals surface area (Å²) in [4.78, 5) is 20.4. The van der Waals surface area contributed by atoms with E-state index < -0.39 is 53.1 Å². The number of alkyl halides is 6. The van der Waals surface area contributed by atoms with E-state index >= 15 is 0 Å². The molecule has 0 spiro atoms. The molecule has 174 valence electrons. The number of methoxy groups -OCH3 is 1. The molecular formula is C21H20F6N2O3. The Morgan fingerprint density at radius 1 is 1.19 bits per heavy atom. The maximum absolute atomic E-state index is 13.9. The van der Waals surface area contributed by atoms with Crippen LogP contribution in [0.2, 0.25) is 0 Å². The van der Waals surface area contributed by atoms with Gasteiger partial charge in [0.05, 0.1) is 46.7 Å². The lowest BCUT2D eigenvalue weighted by atomic mass is 9.78. The number of hydrogen-bond donors (Lipinski definition) is 0. The second kappa shape index (κ2) is 9.32. The zero-order chi connectivity index (χ0) is 24.4. The molecule has 0 N–H and O–H groups in total. The van der Waals surface area contributed by atoms with Gasteiger partial charge in [0.15, 0.2) is 0 Å². The van der Waals surface area contributed by atoms with Crippen LogP contribution in [0.25, 0.3) is 4.85 Å². The predicted octanol–water partition coefficient (Wildman–Crippen LogP) is 5.42. The van der Waals surface area contributed by atoms with Gasteiger partial charge in [-0.3, -0.25) is 4.99 Å². The van der Waals surface area contributed by atoms with E-state index in [2.05, 4.69) is 9.84 Å². The molecule has 1 aromatic rings. The Balaban J connectivity index is 2.87. The van der Waals surface area contributed by atoms with Gasteiger partial charge in [0.2, 0.25) is 0 Å². The number of aliphatic imine (C=N–C) groups is 1. The number of carbonyl (C=O) groups is 1. The van der Waals surface area contributed by atoms with Crippen molar-refractivity contribution in [2.24, 2.45) is 4.99 Å². The third-order valence-electron chi connectivity index (χ3n) is 4.68. The van der Waals surface area contributed by atoms with Gasteiger partial charge in [-0.1, -0.05) is 6.07 Å². The number of esters is 1. The molecule has 5 nitrogen and oxygen atoms in total. The molecule has 0 aliphatic carbocycles. The third kappa shape index (κ3) is 5.30. The Morgan fingerprint density at radius 3 is 2.28 bits per heavy atom. The van der Waals surface area contributed by atoms with Crippen LogP contribution < -0.4 is 0 Å². The highest BCUT2D eigenvalue weighted by molar-refractivity contribution is 6.00. The first kappa shape index (κ1) is 25.4. The van der Waals surface area contributed by atoms with Crippen LogP contribution in [0, 0.1) is 6.57 Å². The number of rotatable bonds is 5. The minimum Gasteiger partial charge on any atom is -0.460 e. The topological polar surface area (TPSA) is 52.2 Å². The molecule has 1 aliphatic rings. The summed E-state index contributed by atoms with van der Waals surface area (Å²) < 4.78 is 91.1. The van der Waals surface area contributed by atoms with E-state index in [9.17, 15) is 31.1 Å². The molecule has 2 unspecified atom stereocenters. The van der Waals surface area contributed by atoms with Crippen LogP contribution in [-0.4, -0.2) is 37.5 Å². The number of carbonyl (C=O) groups excluding carboxylic acids is 1. The van der Waals surface area contributed by atoms with Crippen LogP contribution in [-0.2, 0) is 26.6 Å². The number of hydrogen-bond acceptors (Lipinski definition) is 4. The smallest absolute Gasteiger partial charge is 0.416 e. The van der Waals surface area contributed by atoms with Gasteiger partial charge in [-0.25, -0.2) is 11.4 Å². The van der Waals surface area contributed by atoms with Gasteiger partial charge in [-0.2, -0.15) is 26.3 Å². The quantitative estimate of drug-likeness (QED) is 0.334. The summed E-state index contributed by atoms with van der Waals surface area (Å²) in [5, 5.41) is 0. The van der Waals surface area contributed by atoms with Crippen LogP contribution in [0.15, 0.2) is 34.5 Å². The van der Waals surface area contributed by atoms with E-state index in [1.807, 2.05) is 0 Å². The molecule has 0 fully saturated rings. The molecule has 0 bridgehead atoms.